The van der Waals surface area contributed by atoms with E-state index < -0.39 is 8.38 Å². The largest absolute Gasteiger partial charge is 0.334 e. The van der Waals surface area contributed by atoms with Gasteiger partial charge in [-0.05, 0) is 20.3 Å². The zero-order valence-electron chi connectivity index (χ0n) is 10.1. The minimum atomic E-state index is -0.639. The van der Waals surface area contributed by atoms with Crippen LogP contribution in [0.25, 0.3) is 0 Å². The van der Waals surface area contributed by atoms with Crippen molar-refractivity contribution in [1.82, 2.24) is 0 Å². The van der Waals surface area contributed by atoms with Gasteiger partial charge in [0.25, 0.3) is 0 Å². The summed E-state index contributed by atoms with van der Waals surface area (Å²) in [6.45, 7) is 10.1. The van der Waals surface area contributed by atoms with Gasteiger partial charge in [0.2, 0.25) is 0 Å². The van der Waals surface area contributed by atoms with Crippen LogP contribution in [0, 0.1) is 0 Å². The minimum absolute atomic E-state index is 0.580. The van der Waals surface area contributed by atoms with Gasteiger partial charge in [-0.2, -0.15) is 0 Å². The molecule has 1 atom stereocenters. The normalized spacial score (nSPS) is 13.5. The summed E-state index contributed by atoms with van der Waals surface area (Å²) in [6, 6.07) is 0. The summed E-state index contributed by atoms with van der Waals surface area (Å²) in [7, 11) is -0.639. The van der Waals surface area contributed by atoms with E-state index in [1.54, 1.807) is 0 Å². The van der Waals surface area contributed by atoms with Crippen LogP contribution in [-0.4, -0.2) is 18.9 Å². The molecule has 0 fully saturated rings. The lowest BCUT2D eigenvalue weighted by molar-refractivity contribution is 0.261. The van der Waals surface area contributed by atoms with Gasteiger partial charge < -0.3 is 9.05 Å². The molecule has 0 amide bonds. The average Bonchev–Trinajstić information content (AvgIpc) is 2.18. The molecule has 86 valence electrons. The van der Waals surface area contributed by atoms with Crippen molar-refractivity contribution in [2.75, 3.05) is 13.2 Å². The summed E-state index contributed by atoms with van der Waals surface area (Å²) in [5.74, 6) is 0. The van der Waals surface area contributed by atoms with Crippen LogP contribution in [0.3, 0.4) is 0 Å². The third-order valence-electron chi connectivity index (χ3n) is 2.10. The van der Waals surface area contributed by atoms with E-state index in [4.69, 9.17) is 9.05 Å². The highest BCUT2D eigenvalue weighted by Crippen LogP contribution is 2.45. The monoisotopic (exact) mass is 220 g/mol. The van der Waals surface area contributed by atoms with Crippen molar-refractivity contribution in [2.24, 2.45) is 0 Å². The zero-order valence-corrected chi connectivity index (χ0v) is 11.0. The van der Waals surface area contributed by atoms with Crippen molar-refractivity contribution in [3.8, 4) is 0 Å². The number of hydrogen-bond donors (Lipinski definition) is 0. The number of rotatable bonds is 9. The van der Waals surface area contributed by atoms with E-state index in [1.165, 1.54) is 25.7 Å². The van der Waals surface area contributed by atoms with Gasteiger partial charge in [0.1, 0.15) is 0 Å². The second kappa shape index (κ2) is 9.89. The maximum atomic E-state index is 5.62. The van der Waals surface area contributed by atoms with Gasteiger partial charge in [-0.3, -0.25) is 0 Å². The average molecular weight is 220 g/mol. The van der Waals surface area contributed by atoms with E-state index >= 15 is 0 Å². The van der Waals surface area contributed by atoms with Crippen molar-refractivity contribution >= 4 is 8.38 Å². The molecule has 0 radical (unpaired) electrons. The first-order chi connectivity index (χ1) is 6.76. The van der Waals surface area contributed by atoms with Crippen LogP contribution < -0.4 is 0 Å². The van der Waals surface area contributed by atoms with E-state index in [0.717, 1.165) is 13.2 Å². The summed E-state index contributed by atoms with van der Waals surface area (Å²) in [5, 5.41) is 0. The molecule has 3 heteroatoms. The Morgan fingerprint density at radius 3 is 2.00 bits per heavy atom. The fraction of sp³-hybridized carbons (Fsp3) is 1.00. The van der Waals surface area contributed by atoms with Crippen molar-refractivity contribution < 1.29 is 9.05 Å². The maximum absolute atomic E-state index is 5.62. The molecule has 0 rings (SSSR count). The Bertz CT molecular complexity index is 114. The fourth-order valence-electron chi connectivity index (χ4n) is 1.34. The standard InChI is InChI=1S/C11H25O2P/c1-5-8-9-10-11(4)14(12-6-2)13-7-3/h11H,5-10H2,1-4H3. The van der Waals surface area contributed by atoms with Crippen molar-refractivity contribution in [1.29, 1.82) is 0 Å². The fourth-order valence-corrected chi connectivity index (χ4v) is 2.83. The second-order valence-corrected chi connectivity index (χ2v) is 5.43. The van der Waals surface area contributed by atoms with E-state index in [2.05, 4.69) is 13.8 Å². The Hall–Kier alpha value is 0.350. The first-order valence-corrected chi connectivity index (χ1v) is 7.05. The summed E-state index contributed by atoms with van der Waals surface area (Å²) in [4.78, 5) is 0. The summed E-state index contributed by atoms with van der Waals surface area (Å²) in [6.07, 6.45) is 5.15. The van der Waals surface area contributed by atoms with Gasteiger partial charge in [-0.15, -0.1) is 0 Å². The quantitative estimate of drug-likeness (QED) is 0.425. The Labute approximate surface area is 90.3 Å². The molecule has 1 unspecified atom stereocenters. The molecule has 0 aromatic carbocycles. The molecular formula is C11H25O2P. The molecule has 14 heavy (non-hydrogen) atoms. The molecule has 0 saturated heterocycles. The molecule has 0 N–H and O–H groups in total. The van der Waals surface area contributed by atoms with Gasteiger partial charge in [0.05, 0.1) is 13.2 Å². The first kappa shape index (κ1) is 14.3. The third-order valence-corrected chi connectivity index (χ3v) is 4.10. The Morgan fingerprint density at radius 2 is 1.57 bits per heavy atom. The molecule has 0 aromatic rings. The molecule has 0 aliphatic carbocycles. The molecule has 0 spiro atoms. The van der Waals surface area contributed by atoms with Crippen LogP contribution in [0.4, 0.5) is 0 Å². The third kappa shape index (κ3) is 6.75. The molecule has 0 heterocycles. The molecular weight excluding hydrogens is 195 g/mol. The highest BCUT2D eigenvalue weighted by molar-refractivity contribution is 7.48. The lowest BCUT2D eigenvalue weighted by Gasteiger charge is -2.22. The molecule has 0 aliphatic rings. The zero-order chi connectivity index (χ0) is 10.8. The van der Waals surface area contributed by atoms with Crippen molar-refractivity contribution in [3.63, 3.8) is 0 Å². The van der Waals surface area contributed by atoms with Gasteiger partial charge in [0.15, 0.2) is 8.38 Å². The van der Waals surface area contributed by atoms with Crippen LogP contribution in [0.2, 0.25) is 0 Å². The van der Waals surface area contributed by atoms with E-state index in [-0.39, 0.29) is 0 Å². The first-order valence-electron chi connectivity index (χ1n) is 5.81. The Balaban J connectivity index is 3.69. The highest BCUT2D eigenvalue weighted by Gasteiger charge is 2.17. The summed E-state index contributed by atoms with van der Waals surface area (Å²) in [5.41, 5.74) is 0.580. The highest BCUT2D eigenvalue weighted by atomic mass is 31.2. The summed E-state index contributed by atoms with van der Waals surface area (Å²) < 4.78 is 11.2. The predicted molar refractivity (Wildman–Crippen MR) is 63.8 cm³/mol. The van der Waals surface area contributed by atoms with Crippen molar-refractivity contribution in [3.05, 3.63) is 0 Å². The smallest absolute Gasteiger partial charge is 0.173 e. The molecule has 0 bridgehead atoms. The SMILES string of the molecule is CCCCCC(C)P(OCC)OCC. The summed E-state index contributed by atoms with van der Waals surface area (Å²) >= 11 is 0. The van der Waals surface area contributed by atoms with Gasteiger partial charge in [0, 0.05) is 5.66 Å². The molecule has 0 aliphatic heterocycles. The van der Waals surface area contributed by atoms with Gasteiger partial charge >= 0.3 is 0 Å². The predicted octanol–water partition coefficient (Wildman–Crippen LogP) is 4.34. The minimum Gasteiger partial charge on any atom is -0.334 e. The van der Waals surface area contributed by atoms with E-state index in [9.17, 15) is 0 Å². The van der Waals surface area contributed by atoms with E-state index in [1.807, 2.05) is 13.8 Å². The Morgan fingerprint density at radius 1 is 1.00 bits per heavy atom. The second-order valence-electron chi connectivity index (χ2n) is 3.47. The maximum Gasteiger partial charge on any atom is 0.173 e. The van der Waals surface area contributed by atoms with Crippen LogP contribution in [0.1, 0.15) is 53.4 Å². The Kier molecular flexibility index (Phi) is 10.1. The molecule has 0 saturated carbocycles. The van der Waals surface area contributed by atoms with E-state index in [0.29, 0.717) is 5.66 Å². The lowest BCUT2D eigenvalue weighted by Crippen LogP contribution is -2.05. The van der Waals surface area contributed by atoms with Crippen LogP contribution >= 0.6 is 8.38 Å². The topological polar surface area (TPSA) is 18.5 Å². The lowest BCUT2D eigenvalue weighted by atomic mass is 10.2. The molecule has 2 nitrogen and oxygen atoms in total. The van der Waals surface area contributed by atoms with Gasteiger partial charge in [-0.1, -0.05) is 33.1 Å². The number of unbranched alkanes of at least 4 members (excludes halogenated alkanes) is 2. The number of hydrogen-bond acceptors (Lipinski definition) is 2. The van der Waals surface area contributed by atoms with Crippen molar-refractivity contribution in [2.45, 2.75) is 59.0 Å². The van der Waals surface area contributed by atoms with Crippen LogP contribution in [0.15, 0.2) is 0 Å². The van der Waals surface area contributed by atoms with Gasteiger partial charge in [-0.25, -0.2) is 0 Å². The van der Waals surface area contributed by atoms with Crippen LogP contribution in [0.5, 0.6) is 0 Å². The van der Waals surface area contributed by atoms with Crippen LogP contribution in [-0.2, 0) is 9.05 Å². The molecule has 0 aromatic heterocycles.